The second-order valence-corrected chi connectivity index (χ2v) is 4.39. The first-order valence-corrected chi connectivity index (χ1v) is 6.67. The number of halogens is 4. The summed E-state index contributed by atoms with van der Waals surface area (Å²) in [6.07, 6.45) is -3.39. The zero-order valence-electron chi connectivity index (χ0n) is 11.7. The fourth-order valence-corrected chi connectivity index (χ4v) is 1.46. The molecule has 0 saturated heterocycles. The molecule has 122 valence electrons. The van der Waals surface area contributed by atoms with Crippen LogP contribution in [0, 0.1) is 0 Å². The van der Waals surface area contributed by atoms with E-state index in [4.69, 9.17) is 16.3 Å². The summed E-state index contributed by atoms with van der Waals surface area (Å²) in [6.45, 7) is -1.25. The Hall–Kier alpha value is -1.89. The lowest BCUT2D eigenvalue weighted by Crippen LogP contribution is -2.19. The maximum absolute atomic E-state index is 12.2. The molecule has 0 aliphatic rings. The molecule has 0 fully saturated rings. The maximum Gasteiger partial charge on any atom is 0.422 e. The smallest absolute Gasteiger partial charge is 0.422 e. The highest BCUT2D eigenvalue weighted by atomic mass is 35.5. The van der Waals surface area contributed by atoms with E-state index in [0.29, 0.717) is 23.8 Å². The van der Waals surface area contributed by atoms with E-state index in [1.54, 1.807) is 24.3 Å². The number of methoxy groups -OCH3 is 1. The molecule has 0 spiro atoms. The summed E-state index contributed by atoms with van der Waals surface area (Å²) in [5.74, 6) is -0.644. The van der Waals surface area contributed by atoms with Gasteiger partial charge in [-0.1, -0.05) is 12.1 Å². The zero-order valence-corrected chi connectivity index (χ0v) is 12.4. The second kappa shape index (κ2) is 8.53. The van der Waals surface area contributed by atoms with Gasteiger partial charge in [-0.2, -0.15) is 13.2 Å². The summed E-state index contributed by atoms with van der Waals surface area (Å²) in [7, 11) is 1.05. The van der Waals surface area contributed by atoms with Crippen LogP contribution < -0.4 is 4.74 Å². The summed E-state index contributed by atoms with van der Waals surface area (Å²) in [5.41, 5.74) is 0.459. The Bertz CT molecular complexity index is 512. The molecule has 1 rings (SSSR count). The second-order valence-electron chi connectivity index (χ2n) is 4.01. The quantitative estimate of drug-likeness (QED) is 0.331. The Balaban J connectivity index is 2.84. The summed E-state index contributed by atoms with van der Waals surface area (Å²) >= 11 is 5.48. The molecular weight excluding hydrogens is 325 g/mol. The molecule has 1 aromatic rings. The topological polar surface area (TPSA) is 44.8 Å². The number of carbonyl (C=O) groups excluding carboxylic acids is 1. The normalized spacial score (nSPS) is 12.0. The molecule has 0 aliphatic heterocycles. The minimum atomic E-state index is -4.55. The average Bonchev–Trinajstić information content (AvgIpc) is 2.48. The molecule has 8 heteroatoms. The third kappa shape index (κ3) is 6.71. The first-order chi connectivity index (χ1) is 10.4. The Morgan fingerprint density at radius 2 is 1.91 bits per heavy atom. The summed E-state index contributed by atoms with van der Waals surface area (Å²) in [5, 5.41) is 0. The number of hydrogen-bond donors (Lipinski definition) is 0. The zero-order chi connectivity index (χ0) is 16.6. The van der Waals surface area contributed by atoms with Crippen molar-refractivity contribution in [2.45, 2.75) is 6.18 Å². The summed E-state index contributed by atoms with van der Waals surface area (Å²) < 4.78 is 50.6. The van der Waals surface area contributed by atoms with E-state index >= 15 is 0 Å². The standard InChI is InChI=1S/C14H14ClF3O4/c1-20-13(19)12(22-9-14(16,17)18)8-10-2-4-11(5-3-10)21-7-6-15/h2-5,8H,6-7,9H2,1H3/b12-8-. The van der Waals surface area contributed by atoms with Gasteiger partial charge in [0.1, 0.15) is 12.4 Å². The fraction of sp³-hybridized carbons (Fsp3) is 0.357. The van der Waals surface area contributed by atoms with E-state index in [-0.39, 0.29) is 0 Å². The Morgan fingerprint density at radius 3 is 2.41 bits per heavy atom. The van der Waals surface area contributed by atoms with Crippen molar-refractivity contribution in [3.8, 4) is 5.75 Å². The van der Waals surface area contributed by atoms with Crippen molar-refractivity contribution in [1.82, 2.24) is 0 Å². The van der Waals surface area contributed by atoms with Crippen LogP contribution >= 0.6 is 11.6 Å². The molecule has 0 saturated carbocycles. The largest absolute Gasteiger partial charge is 0.492 e. The molecule has 1 aromatic carbocycles. The molecule has 0 atom stereocenters. The van der Waals surface area contributed by atoms with Crippen LogP contribution in [0.5, 0.6) is 5.75 Å². The number of ether oxygens (including phenoxy) is 3. The van der Waals surface area contributed by atoms with E-state index in [9.17, 15) is 18.0 Å². The van der Waals surface area contributed by atoms with Gasteiger partial charge in [0.2, 0.25) is 5.76 Å². The number of benzene rings is 1. The molecule has 0 radical (unpaired) electrons. The van der Waals surface area contributed by atoms with Crippen molar-refractivity contribution in [2.24, 2.45) is 0 Å². The van der Waals surface area contributed by atoms with Crippen molar-refractivity contribution < 1.29 is 32.2 Å². The molecular formula is C14H14ClF3O4. The van der Waals surface area contributed by atoms with Crippen molar-refractivity contribution in [1.29, 1.82) is 0 Å². The lowest BCUT2D eigenvalue weighted by atomic mass is 10.2. The van der Waals surface area contributed by atoms with Crippen molar-refractivity contribution in [3.05, 3.63) is 35.6 Å². The lowest BCUT2D eigenvalue weighted by molar-refractivity contribution is -0.169. The van der Waals surface area contributed by atoms with Gasteiger partial charge in [-0.3, -0.25) is 0 Å². The number of carbonyl (C=O) groups is 1. The SMILES string of the molecule is COC(=O)/C(=C/c1ccc(OCCCl)cc1)OCC(F)(F)F. The third-order valence-electron chi connectivity index (χ3n) is 2.30. The molecule has 0 bridgehead atoms. The number of alkyl halides is 4. The van der Waals surface area contributed by atoms with Crippen LogP contribution in [-0.4, -0.2) is 38.3 Å². The minimum absolute atomic E-state index is 0.332. The van der Waals surface area contributed by atoms with Gasteiger partial charge in [-0.25, -0.2) is 4.79 Å². The summed E-state index contributed by atoms with van der Waals surface area (Å²) in [6, 6.07) is 6.31. The van der Waals surface area contributed by atoms with Crippen molar-refractivity contribution in [3.63, 3.8) is 0 Å². The molecule has 22 heavy (non-hydrogen) atoms. The molecule has 4 nitrogen and oxygen atoms in total. The van der Waals surface area contributed by atoms with Crippen LogP contribution in [0.25, 0.3) is 6.08 Å². The van der Waals surface area contributed by atoms with Crippen LogP contribution in [0.3, 0.4) is 0 Å². The van der Waals surface area contributed by atoms with Gasteiger partial charge >= 0.3 is 12.1 Å². The van der Waals surface area contributed by atoms with Gasteiger partial charge in [-0.15, -0.1) is 11.6 Å². The van der Waals surface area contributed by atoms with Crippen LogP contribution in [0.15, 0.2) is 30.0 Å². The molecule has 0 N–H and O–H groups in total. The van der Waals surface area contributed by atoms with E-state index < -0.39 is 24.5 Å². The Kier molecular flexibility index (Phi) is 7.04. The van der Waals surface area contributed by atoms with Crippen LogP contribution in [0.1, 0.15) is 5.56 Å². The summed E-state index contributed by atoms with van der Waals surface area (Å²) in [4.78, 5) is 11.4. The monoisotopic (exact) mass is 338 g/mol. The molecule has 0 heterocycles. The highest BCUT2D eigenvalue weighted by molar-refractivity contribution is 6.18. The minimum Gasteiger partial charge on any atom is -0.492 e. The molecule has 0 unspecified atom stereocenters. The molecule has 0 aliphatic carbocycles. The van der Waals surface area contributed by atoms with Gasteiger partial charge in [0.25, 0.3) is 0 Å². The number of hydrogen-bond acceptors (Lipinski definition) is 4. The number of esters is 1. The fourth-order valence-electron chi connectivity index (χ4n) is 1.39. The van der Waals surface area contributed by atoms with E-state index in [0.717, 1.165) is 13.2 Å². The lowest BCUT2D eigenvalue weighted by Gasteiger charge is -2.11. The molecule has 0 aromatic heterocycles. The Labute approximate surface area is 130 Å². The van der Waals surface area contributed by atoms with E-state index in [2.05, 4.69) is 9.47 Å². The highest BCUT2D eigenvalue weighted by Gasteiger charge is 2.30. The average molecular weight is 339 g/mol. The highest BCUT2D eigenvalue weighted by Crippen LogP contribution is 2.19. The van der Waals surface area contributed by atoms with E-state index in [1.807, 2.05) is 0 Å². The predicted octanol–water partition coefficient (Wildman–Crippen LogP) is 3.40. The van der Waals surface area contributed by atoms with Gasteiger partial charge in [0.05, 0.1) is 13.0 Å². The van der Waals surface area contributed by atoms with E-state index in [1.165, 1.54) is 0 Å². The maximum atomic E-state index is 12.2. The van der Waals surface area contributed by atoms with Crippen LogP contribution in [0.2, 0.25) is 0 Å². The number of rotatable bonds is 7. The first kappa shape index (κ1) is 18.2. The predicted molar refractivity (Wildman–Crippen MR) is 74.7 cm³/mol. The van der Waals surface area contributed by atoms with Gasteiger partial charge in [0, 0.05) is 0 Å². The Morgan fingerprint density at radius 1 is 1.27 bits per heavy atom. The first-order valence-electron chi connectivity index (χ1n) is 6.14. The van der Waals surface area contributed by atoms with Crippen molar-refractivity contribution in [2.75, 3.05) is 26.2 Å². The third-order valence-corrected chi connectivity index (χ3v) is 2.46. The van der Waals surface area contributed by atoms with Gasteiger partial charge in [-0.05, 0) is 23.8 Å². The van der Waals surface area contributed by atoms with Gasteiger partial charge < -0.3 is 14.2 Å². The van der Waals surface area contributed by atoms with Crippen molar-refractivity contribution >= 4 is 23.6 Å². The van der Waals surface area contributed by atoms with Crippen LogP contribution in [0.4, 0.5) is 13.2 Å². The van der Waals surface area contributed by atoms with Gasteiger partial charge in [0.15, 0.2) is 6.61 Å². The van der Waals surface area contributed by atoms with Crippen LogP contribution in [-0.2, 0) is 14.3 Å². The molecule has 0 amide bonds.